The van der Waals surface area contributed by atoms with Gasteiger partial charge in [-0.3, -0.25) is 4.99 Å². The molecule has 8 heteroatoms. The molecule has 0 aliphatic carbocycles. The number of alkyl halides is 6. The van der Waals surface area contributed by atoms with Crippen molar-refractivity contribution in [3.05, 3.63) is 59.2 Å². The number of hydrogen-bond acceptors (Lipinski definition) is 2. The number of aliphatic imine (C=N–C) groups is 1. The SMILES string of the molecule is FC(F)(F)c1cc(N=C2CSc3ccccc32)cc(C(F)(F)F)c1. The molecule has 2 aromatic rings. The summed E-state index contributed by atoms with van der Waals surface area (Å²) >= 11 is 1.44. The largest absolute Gasteiger partial charge is 0.416 e. The quantitative estimate of drug-likeness (QED) is 0.572. The van der Waals surface area contributed by atoms with E-state index in [-0.39, 0.29) is 11.8 Å². The minimum absolute atomic E-state index is 0.0982. The van der Waals surface area contributed by atoms with Gasteiger partial charge in [0.15, 0.2) is 0 Å². The first-order valence-electron chi connectivity index (χ1n) is 6.74. The molecule has 0 amide bonds. The van der Waals surface area contributed by atoms with Crippen LogP contribution in [0.2, 0.25) is 0 Å². The highest BCUT2D eigenvalue weighted by Crippen LogP contribution is 2.39. The third kappa shape index (κ3) is 3.43. The molecule has 24 heavy (non-hydrogen) atoms. The Kier molecular flexibility index (Phi) is 4.11. The summed E-state index contributed by atoms with van der Waals surface area (Å²) in [7, 11) is 0. The maximum atomic E-state index is 12.9. The first-order chi connectivity index (χ1) is 11.1. The molecule has 0 bridgehead atoms. The average Bonchev–Trinajstić information content (AvgIpc) is 2.89. The summed E-state index contributed by atoms with van der Waals surface area (Å²) in [5.41, 5.74) is -1.90. The summed E-state index contributed by atoms with van der Waals surface area (Å²) in [5.74, 6) is 0.400. The first kappa shape index (κ1) is 16.9. The first-order valence-corrected chi connectivity index (χ1v) is 7.72. The number of rotatable bonds is 1. The van der Waals surface area contributed by atoms with Crippen molar-refractivity contribution in [1.82, 2.24) is 0 Å². The van der Waals surface area contributed by atoms with Gasteiger partial charge < -0.3 is 0 Å². The Morgan fingerprint density at radius 3 is 2.00 bits per heavy atom. The molecule has 1 heterocycles. The van der Waals surface area contributed by atoms with Crippen molar-refractivity contribution >= 4 is 23.2 Å². The number of benzene rings is 2. The lowest BCUT2D eigenvalue weighted by Gasteiger charge is -2.13. The zero-order chi connectivity index (χ0) is 17.5. The lowest BCUT2D eigenvalue weighted by Crippen LogP contribution is -2.10. The molecular weight excluding hydrogens is 352 g/mol. The van der Waals surface area contributed by atoms with Gasteiger partial charge in [-0.15, -0.1) is 11.8 Å². The topological polar surface area (TPSA) is 12.4 Å². The second-order valence-corrected chi connectivity index (χ2v) is 6.12. The number of fused-ring (bicyclic) bond motifs is 1. The summed E-state index contributed by atoms with van der Waals surface area (Å²) < 4.78 is 77.2. The molecule has 0 fully saturated rings. The van der Waals surface area contributed by atoms with Crippen LogP contribution in [0.1, 0.15) is 16.7 Å². The molecule has 126 valence electrons. The van der Waals surface area contributed by atoms with Gasteiger partial charge in [-0.1, -0.05) is 18.2 Å². The van der Waals surface area contributed by atoms with Gasteiger partial charge in [0, 0.05) is 16.2 Å². The van der Waals surface area contributed by atoms with E-state index in [2.05, 4.69) is 4.99 Å². The predicted molar refractivity (Wildman–Crippen MR) is 79.8 cm³/mol. The van der Waals surface area contributed by atoms with Crippen LogP contribution < -0.4 is 0 Å². The van der Waals surface area contributed by atoms with Crippen LogP contribution in [0.3, 0.4) is 0 Å². The standard InChI is InChI=1S/C16H9F6NS/c17-15(18,19)9-5-10(16(20,21)22)7-11(6-9)23-13-8-24-14-4-2-1-3-12(13)14/h1-7H,8H2. The van der Waals surface area contributed by atoms with E-state index in [1.54, 1.807) is 18.2 Å². The summed E-state index contributed by atoms with van der Waals surface area (Å²) in [5, 5.41) is 0. The Balaban J connectivity index is 2.10. The molecule has 0 N–H and O–H groups in total. The third-order valence-corrected chi connectivity index (χ3v) is 4.48. The van der Waals surface area contributed by atoms with E-state index in [9.17, 15) is 26.3 Å². The summed E-state index contributed by atoms with van der Waals surface area (Å²) in [6.45, 7) is 0. The molecule has 0 unspecified atom stereocenters. The van der Waals surface area contributed by atoms with Gasteiger partial charge in [0.1, 0.15) is 0 Å². The molecule has 3 rings (SSSR count). The van der Waals surface area contributed by atoms with E-state index in [1.165, 1.54) is 11.8 Å². The van der Waals surface area contributed by atoms with E-state index in [4.69, 9.17) is 0 Å². The molecule has 1 aliphatic rings. The highest BCUT2D eigenvalue weighted by atomic mass is 32.2. The molecule has 0 radical (unpaired) electrons. The fourth-order valence-corrected chi connectivity index (χ4v) is 3.33. The van der Waals surface area contributed by atoms with Gasteiger partial charge in [-0.25, -0.2) is 0 Å². The van der Waals surface area contributed by atoms with Crippen molar-refractivity contribution in [3.63, 3.8) is 0 Å². The van der Waals surface area contributed by atoms with E-state index >= 15 is 0 Å². The van der Waals surface area contributed by atoms with Crippen LogP contribution in [0.4, 0.5) is 32.0 Å². The van der Waals surface area contributed by atoms with Crippen LogP contribution in [-0.4, -0.2) is 11.5 Å². The van der Waals surface area contributed by atoms with E-state index in [1.807, 2.05) is 6.07 Å². The fraction of sp³-hybridized carbons (Fsp3) is 0.188. The smallest absolute Gasteiger partial charge is 0.252 e. The van der Waals surface area contributed by atoms with Gasteiger partial charge in [0.05, 0.1) is 22.5 Å². The van der Waals surface area contributed by atoms with Crippen LogP contribution in [0, 0.1) is 0 Å². The number of nitrogens with zero attached hydrogens (tertiary/aromatic N) is 1. The van der Waals surface area contributed by atoms with E-state index in [0.717, 1.165) is 10.5 Å². The van der Waals surface area contributed by atoms with Crippen molar-refractivity contribution in [2.45, 2.75) is 17.2 Å². The maximum Gasteiger partial charge on any atom is 0.416 e. The molecule has 2 aromatic carbocycles. The Hall–Kier alpha value is -1.96. The van der Waals surface area contributed by atoms with Crippen molar-refractivity contribution in [1.29, 1.82) is 0 Å². The monoisotopic (exact) mass is 361 g/mol. The Morgan fingerprint density at radius 2 is 1.42 bits per heavy atom. The normalized spacial score (nSPS) is 16.5. The van der Waals surface area contributed by atoms with E-state index in [0.29, 0.717) is 23.6 Å². The van der Waals surface area contributed by atoms with Crippen molar-refractivity contribution in [3.8, 4) is 0 Å². The van der Waals surface area contributed by atoms with Crippen LogP contribution >= 0.6 is 11.8 Å². The zero-order valence-electron chi connectivity index (χ0n) is 11.9. The number of hydrogen-bond donors (Lipinski definition) is 0. The molecule has 0 spiro atoms. The van der Waals surface area contributed by atoms with Gasteiger partial charge >= 0.3 is 12.4 Å². The molecule has 0 atom stereocenters. The molecule has 0 saturated carbocycles. The lowest BCUT2D eigenvalue weighted by molar-refractivity contribution is -0.143. The average molecular weight is 361 g/mol. The summed E-state index contributed by atoms with van der Waals surface area (Å²) in [4.78, 5) is 4.95. The molecule has 1 aliphatic heterocycles. The van der Waals surface area contributed by atoms with Gasteiger partial charge in [0.2, 0.25) is 0 Å². The molecule has 1 nitrogen and oxygen atoms in total. The maximum absolute atomic E-state index is 12.9. The van der Waals surface area contributed by atoms with E-state index < -0.39 is 23.5 Å². The Bertz CT molecular complexity index is 775. The van der Waals surface area contributed by atoms with Crippen molar-refractivity contribution in [2.24, 2.45) is 4.99 Å². The number of halogens is 6. The lowest BCUT2D eigenvalue weighted by atomic mass is 10.1. The second-order valence-electron chi connectivity index (χ2n) is 5.11. The predicted octanol–water partition coefficient (Wildman–Crippen LogP) is 5.95. The minimum Gasteiger partial charge on any atom is -0.252 e. The fourth-order valence-electron chi connectivity index (χ4n) is 2.31. The van der Waals surface area contributed by atoms with Crippen molar-refractivity contribution in [2.75, 3.05) is 5.75 Å². The van der Waals surface area contributed by atoms with Crippen LogP contribution in [-0.2, 0) is 12.4 Å². The van der Waals surface area contributed by atoms with Gasteiger partial charge in [0.25, 0.3) is 0 Å². The van der Waals surface area contributed by atoms with Crippen LogP contribution in [0.5, 0.6) is 0 Å². The minimum atomic E-state index is -4.88. The van der Waals surface area contributed by atoms with Crippen LogP contribution in [0.25, 0.3) is 0 Å². The number of thioether (sulfide) groups is 1. The third-order valence-electron chi connectivity index (χ3n) is 3.40. The van der Waals surface area contributed by atoms with Gasteiger partial charge in [-0.05, 0) is 24.3 Å². The summed E-state index contributed by atoms with van der Waals surface area (Å²) in [6, 6.07) is 8.49. The highest BCUT2D eigenvalue weighted by Gasteiger charge is 2.37. The molecular formula is C16H9F6NS. The molecule has 0 aromatic heterocycles. The molecule has 0 saturated heterocycles. The Morgan fingerprint density at radius 1 is 0.833 bits per heavy atom. The summed E-state index contributed by atoms with van der Waals surface area (Å²) in [6.07, 6.45) is -9.75. The highest BCUT2D eigenvalue weighted by molar-refractivity contribution is 8.00. The van der Waals surface area contributed by atoms with Crippen molar-refractivity contribution < 1.29 is 26.3 Å². The van der Waals surface area contributed by atoms with Crippen LogP contribution in [0.15, 0.2) is 52.4 Å². The van der Waals surface area contributed by atoms with Gasteiger partial charge in [-0.2, -0.15) is 26.3 Å². The Labute approximate surface area is 137 Å². The zero-order valence-corrected chi connectivity index (χ0v) is 12.7. The second kappa shape index (κ2) is 5.84.